The number of aliphatic carboxylic acids is 1. The first-order chi connectivity index (χ1) is 8.00. The van der Waals surface area contributed by atoms with Crippen molar-refractivity contribution in [2.75, 3.05) is 6.61 Å². The number of hydrogen-bond donors (Lipinski definition) is 1. The summed E-state index contributed by atoms with van der Waals surface area (Å²) in [6.45, 7) is 4.39. The average Bonchev–Trinajstić information content (AvgIpc) is 2.25. The number of rotatable bonds is 6. The van der Waals surface area contributed by atoms with E-state index in [9.17, 15) is 4.79 Å². The largest absolute Gasteiger partial charge is 0.479 e. The fourth-order valence-electron chi connectivity index (χ4n) is 1.39. The van der Waals surface area contributed by atoms with Crippen LogP contribution in [0.1, 0.15) is 19.4 Å². The lowest BCUT2D eigenvalue weighted by Gasteiger charge is -2.15. The molecule has 0 aliphatic carbocycles. The first kappa shape index (κ1) is 14.0. The predicted octanol–water partition coefficient (Wildman–Crippen LogP) is 3.01. The van der Waals surface area contributed by atoms with Gasteiger partial charge in [-0.2, -0.15) is 0 Å². The summed E-state index contributed by atoms with van der Waals surface area (Å²) in [5, 5.41) is 9.65. The Balaban J connectivity index is 2.67. The predicted molar refractivity (Wildman–Crippen MR) is 67.4 cm³/mol. The molecule has 0 unspecified atom stereocenters. The molecule has 94 valence electrons. The van der Waals surface area contributed by atoms with Crippen LogP contribution in [-0.4, -0.2) is 23.8 Å². The van der Waals surface area contributed by atoms with Crippen LogP contribution in [0.5, 0.6) is 0 Å². The monoisotopic (exact) mass is 256 g/mol. The number of carboxylic acids is 1. The van der Waals surface area contributed by atoms with Crippen LogP contribution < -0.4 is 0 Å². The Morgan fingerprint density at radius 2 is 2.06 bits per heavy atom. The van der Waals surface area contributed by atoms with E-state index >= 15 is 0 Å². The second kappa shape index (κ2) is 6.62. The lowest BCUT2D eigenvalue weighted by atomic mass is 10.1. The molecule has 3 nitrogen and oxygen atoms in total. The third-order valence-corrected chi connectivity index (χ3v) is 2.64. The Hall–Kier alpha value is -1.06. The normalized spacial score (nSPS) is 12.7. The van der Waals surface area contributed by atoms with Crippen LogP contribution in [0.25, 0.3) is 0 Å². The molecule has 17 heavy (non-hydrogen) atoms. The number of benzene rings is 1. The summed E-state index contributed by atoms with van der Waals surface area (Å²) >= 11 is 5.99. The molecule has 1 atom stereocenters. The van der Waals surface area contributed by atoms with E-state index in [2.05, 4.69) is 0 Å². The van der Waals surface area contributed by atoms with Gasteiger partial charge >= 0.3 is 5.97 Å². The zero-order chi connectivity index (χ0) is 12.8. The van der Waals surface area contributed by atoms with E-state index in [-0.39, 0.29) is 0 Å². The SMILES string of the molecule is CC(C)CO[C@@H](Cc1ccccc1Cl)C(=O)O. The van der Waals surface area contributed by atoms with Crippen molar-refractivity contribution in [1.82, 2.24) is 0 Å². The molecule has 0 bridgehead atoms. The highest BCUT2D eigenvalue weighted by molar-refractivity contribution is 6.31. The minimum Gasteiger partial charge on any atom is -0.479 e. The summed E-state index contributed by atoms with van der Waals surface area (Å²) in [7, 11) is 0. The van der Waals surface area contributed by atoms with Gasteiger partial charge in [-0.15, -0.1) is 0 Å². The summed E-state index contributed by atoms with van der Waals surface area (Å²) in [5.41, 5.74) is 0.797. The van der Waals surface area contributed by atoms with Gasteiger partial charge in [0.05, 0.1) is 6.61 Å². The molecule has 0 fully saturated rings. The van der Waals surface area contributed by atoms with E-state index < -0.39 is 12.1 Å². The molecular weight excluding hydrogens is 240 g/mol. The molecule has 0 saturated heterocycles. The maximum atomic E-state index is 11.1. The number of carbonyl (C=O) groups is 1. The molecule has 0 aromatic heterocycles. The smallest absolute Gasteiger partial charge is 0.333 e. The number of hydrogen-bond acceptors (Lipinski definition) is 2. The van der Waals surface area contributed by atoms with Gasteiger partial charge in [-0.1, -0.05) is 43.6 Å². The molecule has 0 saturated carbocycles. The molecule has 1 rings (SSSR count). The van der Waals surface area contributed by atoms with Gasteiger partial charge in [-0.3, -0.25) is 0 Å². The maximum absolute atomic E-state index is 11.1. The zero-order valence-corrected chi connectivity index (χ0v) is 10.8. The quantitative estimate of drug-likeness (QED) is 0.851. The van der Waals surface area contributed by atoms with Crippen LogP contribution in [-0.2, 0) is 16.0 Å². The molecule has 0 heterocycles. The lowest BCUT2D eigenvalue weighted by molar-refractivity contribution is -0.150. The van der Waals surface area contributed by atoms with E-state index in [0.29, 0.717) is 24.0 Å². The van der Waals surface area contributed by atoms with Gasteiger partial charge in [0.1, 0.15) is 0 Å². The van der Waals surface area contributed by atoms with Crippen molar-refractivity contribution in [3.8, 4) is 0 Å². The minimum absolute atomic E-state index is 0.293. The van der Waals surface area contributed by atoms with E-state index in [4.69, 9.17) is 21.4 Å². The molecule has 1 aromatic rings. The van der Waals surface area contributed by atoms with Gasteiger partial charge in [0.25, 0.3) is 0 Å². The molecule has 0 aliphatic heterocycles. The van der Waals surface area contributed by atoms with Gasteiger partial charge < -0.3 is 9.84 Å². The van der Waals surface area contributed by atoms with Gasteiger partial charge in [0.2, 0.25) is 0 Å². The summed E-state index contributed by atoms with van der Waals surface area (Å²) in [6.07, 6.45) is -0.542. The van der Waals surface area contributed by atoms with Crippen molar-refractivity contribution in [2.24, 2.45) is 5.92 Å². The molecular formula is C13H17ClO3. The Morgan fingerprint density at radius 1 is 1.41 bits per heavy atom. The maximum Gasteiger partial charge on any atom is 0.333 e. The second-order valence-electron chi connectivity index (χ2n) is 4.35. The van der Waals surface area contributed by atoms with Crippen molar-refractivity contribution in [3.63, 3.8) is 0 Å². The van der Waals surface area contributed by atoms with Crippen LogP contribution in [0.2, 0.25) is 5.02 Å². The average molecular weight is 257 g/mol. The molecule has 4 heteroatoms. The molecule has 0 spiro atoms. The van der Waals surface area contributed by atoms with Gasteiger partial charge in [0, 0.05) is 11.4 Å². The van der Waals surface area contributed by atoms with Crippen molar-refractivity contribution >= 4 is 17.6 Å². The molecule has 0 aliphatic rings. The summed E-state index contributed by atoms with van der Waals surface area (Å²) < 4.78 is 5.37. The van der Waals surface area contributed by atoms with Crippen molar-refractivity contribution in [2.45, 2.75) is 26.4 Å². The molecule has 1 N–H and O–H groups in total. The fourth-order valence-corrected chi connectivity index (χ4v) is 1.60. The number of carboxylic acid groups (broad SMARTS) is 1. The summed E-state index contributed by atoms with van der Waals surface area (Å²) in [6, 6.07) is 7.22. The van der Waals surface area contributed by atoms with Crippen LogP contribution in [0.3, 0.4) is 0 Å². The Kier molecular flexibility index (Phi) is 5.45. The van der Waals surface area contributed by atoms with Crippen LogP contribution >= 0.6 is 11.6 Å². The van der Waals surface area contributed by atoms with Crippen LogP contribution in [0.4, 0.5) is 0 Å². The van der Waals surface area contributed by atoms with Gasteiger partial charge in [-0.25, -0.2) is 4.79 Å². The first-order valence-corrected chi connectivity index (χ1v) is 5.96. The molecule has 0 radical (unpaired) electrons. The van der Waals surface area contributed by atoms with E-state index in [1.54, 1.807) is 6.07 Å². The highest BCUT2D eigenvalue weighted by Crippen LogP contribution is 2.18. The first-order valence-electron chi connectivity index (χ1n) is 5.58. The number of halogens is 1. The lowest BCUT2D eigenvalue weighted by Crippen LogP contribution is -2.28. The van der Waals surface area contributed by atoms with Gasteiger partial charge in [0.15, 0.2) is 6.10 Å². The number of ether oxygens (including phenoxy) is 1. The van der Waals surface area contributed by atoms with Crippen molar-refractivity contribution in [1.29, 1.82) is 0 Å². The van der Waals surface area contributed by atoms with E-state index in [1.807, 2.05) is 32.0 Å². The third kappa shape index (κ3) is 4.75. The van der Waals surface area contributed by atoms with E-state index in [1.165, 1.54) is 0 Å². The zero-order valence-electron chi connectivity index (χ0n) is 10.0. The summed E-state index contributed by atoms with van der Waals surface area (Å²) in [4.78, 5) is 11.1. The van der Waals surface area contributed by atoms with Crippen molar-refractivity contribution in [3.05, 3.63) is 34.9 Å². The summed E-state index contributed by atoms with van der Waals surface area (Å²) in [5.74, 6) is -0.645. The van der Waals surface area contributed by atoms with E-state index in [0.717, 1.165) is 5.56 Å². The van der Waals surface area contributed by atoms with Crippen LogP contribution in [0, 0.1) is 5.92 Å². The van der Waals surface area contributed by atoms with Gasteiger partial charge in [-0.05, 0) is 17.5 Å². The molecule has 0 amide bonds. The van der Waals surface area contributed by atoms with Crippen LogP contribution in [0.15, 0.2) is 24.3 Å². The fraction of sp³-hybridized carbons (Fsp3) is 0.462. The van der Waals surface area contributed by atoms with Crippen molar-refractivity contribution < 1.29 is 14.6 Å². The Bertz CT molecular complexity index is 377. The Labute approximate surface area is 106 Å². The highest BCUT2D eigenvalue weighted by atomic mass is 35.5. The molecule has 1 aromatic carbocycles. The Morgan fingerprint density at radius 3 is 2.59 bits per heavy atom. The topological polar surface area (TPSA) is 46.5 Å². The third-order valence-electron chi connectivity index (χ3n) is 2.27. The standard InChI is InChI=1S/C13H17ClO3/c1-9(2)8-17-12(13(15)16)7-10-5-3-4-6-11(10)14/h3-6,9,12H,7-8H2,1-2H3,(H,15,16)/t12-/m0/s1. The minimum atomic E-state index is -0.953. The highest BCUT2D eigenvalue weighted by Gasteiger charge is 2.20. The second-order valence-corrected chi connectivity index (χ2v) is 4.76.